The molecular weight excluding hydrogens is 374 g/mol. The molecule has 2 atom stereocenters. The first kappa shape index (κ1) is 20.3. The first-order valence-corrected chi connectivity index (χ1v) is 9.15. The minimum absolute atomic E-state index is 0.290. The second-order valence-electron chi connectivity index (χ2n) is 6.68. The van der Waals surface area contributed by atoms with Crippen molar-refractivity contribution in [2.24, 2.45) is 0 Å². The minimum Gasteiger partial charge on any atom is -0.497 e. The summed E-state index contributed by atoms with van der Waals surface area (Å²) in [6, 6.07) is 13.6. The lowest BCUT2D eigenvalue weighted by atomic mass is 10.00. The monoisotopic (exact) mass is 397 g/mol. The van der Waals surface area contributed by atoms with E-state index in [9.17, 15) is 14.7 Å². The molecule has 3 aromatic rings. The molecule has 0 fully saturated rings. The van der Waals surface area contributed by atoms with E-state index in [0.717, 1.165) is 5.39 Å². The highest BCUT2D eigenvalue weighted by atomic mass is 16.5. The number of hydrogen-bond acceptors (Lipinski definition) is 5. The third kappa shape index (κ3) is 4.51. The topological polar surface area (TPSA) is 98.0 Å². The highest BCUT2D eigenvalue weighted by Gasteiger charge is 2.26. The Morgan fingerprint density at radius 3 is 2.52 bits per heavy atom. The van der Waals surface area contributed by atoms with E-state index in [-0.39, 0.29) is 12.3 Å². The molecule has 0 aliphatic heterocycles. The van der Waals surface area contributed by atoms with E-state index in [0.29, 0.717) is 28.4 Å². The molecule has 1 heterocycles. The number of aliphatic carboxylic acids is 1. The van der Waals surface area contributed by atoms with Crippen LogP contribution in [0.3, 0.4) is 0 Å². The van der Waals surface area contributed by atoms with Crippen molar-refractivity contribution >= 4 is 22.8 Å². The van der Waals surface area contributed by atoms with E-state index in [1.165, 1.54) is 14.2 Å². The maximum atomic E-state index is 12.9. The van der Waals surface area contributed by atoms with E-state index in [2.05, 4.69) is 5.32 Å². The van der Waals surface area contributed by atoms with Crippen LogP contribution < -0.4 is 14.8 Å². The fraction of sp³-hybridized carbons (Fsp3) is 0.273. The Morgan fingerprint density at radius 2 is 1.86 bits per heavy atom. The van der Waals surface area contributed by atoms with E-state index in [1.54, 1.807) is 25.1 Å². The van der Waals surface area contributed by atoms with E-state index >= 15 is 0 Å². The first-order valence-electron chi connectivity index (χ1n) is 9.15. The highest BCUT2D eigenvalue weighted by Crippen LogP contribution is 2.32. The lowest BCUT2D eigenvalue weighted by Gasteiger charge is -2.22. The van der Waals surface area contributed by atoms with Gasteiger partial charge in [-0.15, -0.1) is 0 Å². The molecule has 0 bridgehead atoms. The van der Waals surface area contributed by atoms with Gasteiger partial charge in [-0.05, 0) is 31.2 Å². The smallest absolute Gasteiger partial charge is 0.305 e. The van der Waals surface area contributed by atoms with Crippen LogP contribution in [0, 0.1) is 0 Å². The zero-order valence-electron chi connectivity index (χ0n) is 16.5. The van der Waals surface area contributed by atoms with Crippen molar-refractivity contribution in [2.75, 3.05) is 14.2 Å². The maximum Gasteiger partial charge on any atom is 0.305 e. The minimum atomic E-state index is -1.04. The van der Waals surface area contributed by atoms with Crippen molar-refractivity contribution in [1.29, 1.82) is 0 Å². The molecule has 3 rings (SSSR count). The van der Waals surface area contributed by atoms with Crippen LogP contribution in [0.4, 0.5) is 0 Å². The number of carboxylic acids is 1. The van der Waals surface area contributed by atoms with Gasteiger partial charge >= 0.3 is 5.97 Å². The van der Waals surface area contributed by atoms with Crippen LogP contribution in [0.2, 0.25) is 0 Å². The number of para-hydroxylation sites is 1. The molecule has 0 aliphatic carbocycles. The average molecular weight is 397 g/mol. The van der Waals surface area contributed by atoms with Crippen LogP contribution in [0.25, 0.3) is 11.0 Å². The Kier molecular flexibility index (Phi) is 6.07. The molecule has 1 amide bonds. The maximum absolute atomic E-state index is 12.9. The van der Waals surface area contributed by atoms with Gasteiger partial charge in [-0.3, -0.25) is 9.59 Å². The van der Waals surface area contributed by atoms with Crippen molar-refractivity contribution in [3.05, 3.63) is 59.9 Å². The van der Waals surface area contributed by atoms with Crippen LogP contribution in [0.1, 0.15) is 36.6 Å². The SMILES string of the molecule is COc1ccc(C(CC(=O)O)NC(=O)C(C)c2cc3ccccc3o2)c(OC)c1. The Bertz CT molecular complexity index is 992. The van der Waals surface area contributed by atoms with Gasteiger partial charge in [0.1, 0.15) is 22.8 Å². The average Bonchev–Trinajstić information content (AvgIpc) is 3.16. The summed E-state index contributed by atoms with van der Waals surface area (Å²) in [5.41, 5.74) is 1.25. The van der Waals surface area contributed by atoms with Crippen molar-refractivity contribution in [2.45, 2.75) is 25.3 Å². The van der Waals surface area contributed by atoms with Gasteiger partial charge in [-0.25, -0.2) is 0 Å². The van der Waals surface area contributed by atoms with Gasteiger partial charge in [0.05, 0.1) is 32.6 Å². The number of nitrogens with one attached hydrogen (secondary N) is 1. The van der Waals surface area contributed by atoms with Crippen LogP contribution >= 0.6 is 0 Å². The second kappa shape index (κ2) is 8.68. The summed E-state index contributed by atoms with van der Waals surface area (Å²) < 4.78 is 16.3. The number of carbonyl (C=O) groups excluding carboxylic acids is 1. The third-order valence-electron chi connectivity index (χ3n) is 4.78. The summed E-state index contributed by atoms with van der Waals surface area (Å²) in [5.74, 6) is -0.450. The zero-order valence-corrected chi connectivity index (χ0v) is 16.5. The highest BCUT2D eigenvalue weighted by molar-refractivity contribution is 5.86. The Balaban J connectivity index is 1.86. The number of hydrogen-bond donors (Lipinski definition) is 2. The predicted octanol–water partition coefficient (Wildman–Crippen LogP) is 3.89. The van der Waals surface area contributed by atoms with E-state index in [4.69, 9.17) is 13.9 Å². The van der Waals surface area contributed by atoms with Crippen LogP contribution in [-0.4, -0.2) is 31.2 Å². The number of methoxy groups -OCH3 is 2. The predicted molar refractivity (Wildman–Crippen MR) is 107 cm³/mol. The summed E-state index contributed by atoms with van der Waals surface area (Å²) in [4.78, 5) is 24.3. The summed E-state index contributed by atoms with van der Waals surface area (Å²) in [6.45, 7) is 1.72. The number of carbonyl (C=O) groups is 2. The van der Waals surface area contributed by atoms with Crippen LogP contribution in [-0.2, 0) is 9.59 Å². The zero-order chi connectivity index (χ0) is 21.0. The standard InChI is InChI=1S/C22H23NO6/c1-13(19-10-14-6-4-5-7-18(14)29-19)22(26)23-17(12-21(24)25)16-9-8-15(27-2)11-20(16)28-3/h4-11,13,17H,12H2,1-3H3,(H,23,26)(H,24,25). The number of amides is 1. The van der Waals surface area contributed by atoms with E-state index < -0.39 is 17.9 Å². The van der Waals surface area contributed by atoms with Gasteiger partial charge in [0, 0.05) is 17.0 Å². The first-order chi connectivity index (χ1) is 13.9. The molecule has 0 aliphatic rings. The number of fused-ring (bicyclic) bond motifs is 1. The molecule has 29 heavy (non-hydrogen) atoms. The summed E-state index contributed by atoms with van der Waals surface area (Å²) in [5, 5.41) is 13.1. The number of ether oxygens (including phenoxy) is 2. The molecule has 2 N–H and O–H groups in total. The number of rotatable bonds is 8. The molecule has 0 spiro atoms. The Labute approximate surface area is 168 Å². The van der Waals surface area contributed by atoms with Gasteiger partial charge in [0.25, 0.3) is 0 Å². The van der Waals surface area contributed by atoms with Gasteiger partial charge < -0.3 is 24.3 Å². The third-order valence-corrected chi connectivity index (χ3v) is 4.78. The molecule has 2 aromatic carbocycles. The van der Waals surface area contributed by atoms with Crippen molar-refractivity contribution in [3.63, 3.8) is 0 Å². The second-order valence-corrected chi connectivity index (χ2v) is 6.68. The molecule has 0 saturated carbocycles. The Hall–Kier alpha value is -3.48. The van der Waals surface area contributed by atoms with Gasteiger partial charge in [-0.2, -0.15) is 0 Å². The Morgan fingerprint density at radius 1 is 1.10 bits per heavy atom. The van der Waals surface area contributed by atoms with Crippen LogP contribution in [0.5, 0.6) is 11.5 Å². The quantitative estimate of drug-likeness (QED) is 0.598. The lowest BCUT2D eigenvalue weighted by Crippen LogP contribution is -2.33. The molecule has 0 radical (unpaired) electrons. The normalized spacial score (nSPS) is 12.9. The van der Waals surface area contributed by atoms with Crippen molar-refractivity contribution in [1.82, 2.24) is 5.32 Å². The summed E-state index contributed by atoms with van der Waals surface area (Å²) >= 11 is 0. The number of furan rings is 1. The molecule has 152 valence electrons. The molecule has 0 saturated heterocycles. The fourth-order valence-electron chi connectivity index (χ4n) is 3.16. The molecule has 7 nitrogen and oxygen atoms in total. The fourth-order valence-corrected chi connectivity index (χ4v) is 3.16. The molecular formula is C22H23NO6. The molecule has 1 aromatic heterocycles. The molecule has 7 heteroatoms. The number of carboxylic acid groups (broad SMARTS) is 1. The van der Waals surface area contributed by atoms with Gasteiger partial charge in [-0.1, -0.05) is 18.2 Å². The molecule has 2 unspecified atom stereocenters. The van der Waals surface area contributed by atoms with Crippen molar-refractivity contribution < 1.29 is 28.6 Å². The van der Waals surface area contributed by atoms with E-state index in [1.807, 2.05) is 30.3 Å². The summed E-state index contributed by atoms with van der Waals surface area (Å²) in [7, 11) is 3.01. The van der Waals surface area contributed by atoms with Crippen molar-refractivity contribution in [3.8, 4) is 11.5 Å². The lowest BCUT2D eigenvalue weighted by molar-refractivity contribution is -0.137. The largest absolute Gasteiger partial charge is 0.497 e. The van der Waals surface area contributed by atoms with Gasteiger partial charge in [0.2, 0.25) is 5.91 Å². The number of benzene rings is 2. The van der Waals surface area contributed by atoms with Gasteiger partial charge in [0.15, 0.2) is 0 Å². The summed E-state index contributed by atoms with van der Waals surface area (Å²) in [6.07, 6.45) is -0.290. The van der Waals surface area contributed by atoms with Crippen LogP contribution in [0.15, 0.2) is 52.9 Å².